The summed E-state index contributed by atoms with van der Waals surface area (Å²) in [6.45, 7) is 10.2. The summed E-state index contributed by atoms with van der Waals surface area (Å²) in [4.78, 5) is 32.1. The molecule has 10 heteroatoms. The zero-order chi connectivity index (χ0) is 27.6. The minimum Gasteiger partial charge on any atom is -0.494 e. The van der Waals surface area contributed by atoms with Gasteiger partial charge in [-0.1, -0.05) is 23.5 Å². The van der Waals surface area contributed by atoms with Crippen LogP contribution in [0.25, 0.3) is 6.08 Å². The first-order chi connectivity index (χ1) is 18.1. The number of ether oxygens (including phenoxy) is 3. The molecule has 7 nitrogen and oxygen atoms in total. The van der Waals surface area contributed by atoms with Crippen LogP contribution in [0.3, 0.4) is 0 Å². The molecule has 0 spiro atoms. The first kappa shape index (κ1) is 28.6. The van der Waals surface area contributed by atoms with Gasteiger partial charge in [-0.05, 0) is 115 Å². The highest BCUT2D eigenvalue weighted by molar-refractivity contribution is 14.1. The van der Waals surface area contributed by atoms with Gasteiger partial charge >= 0.3 is 5.97 Å². The van der Waals surface area contributed by atoms with E-state index in [1.165, 1.54) is 11.3 Å². The van der Waals surface area contributed by atoms with E-state index in [9.17, 15) is 9.59 Å². The van der Waals surface area contributed by atoms with Crippen LogP contribution in [0.5, 0.6) is 11.5 Å². The number of hydrogen-bond acceptors (Lipinski definition) is 7. The number of thiazole rings is 1. The number of aromatic nitrogens is 1. The Morgan fingerprint density at radius 3 is 2.53 bits per heavy atom. The van der Waals surface area contributed by atoms with Crippen LogP contribution in [-0.2, 0) is 9.53 Å². The van der Waals surface area contributed by atoms with Crippen molar-refractivity contribution in [3.8, 4) is 11.5 Å². The number of benzene rings is 2. The van der Waals surface area contributed by atoms with Crippen LogP contribution in [0.4, 0.5) is 0 Å². The molecule has 3 aromatic rings. The smallest absolute Gasteiger partial charge is 0.338 e. The lowest BCUT2D eigenvalue weighted by molar-refractivity contribution is -0.139. The number of hydrogen-bond donors (Lipinski definition) is 0. The van der Waals surface area contributed by atoms with Crippen LogP contribution in [0.15, 0.2) is 61.9 Å². The first-order valence-corrected chi connectivity index (χ1v) is 14.9. The third kappa shape index (κ3) is 5.91. The average molecular weight is 711 g/mol. The Hall–Kier alpha value is -2.44. The Balaban J connectivity index is 1.88. The minimum atomic E-state index is -0.670. The van der Waals surface area contributed by atoms with Gasteiger partial charge in [-0.2, -0.15) is 0 Å². The number of allylic oxidation sites excluding steroid dienone is 1. The van der Waals surface area contributed by atoms with Gasteiger partial charge < -0.3 is 14.2 Å². The van der Waals surface area contributed by atoms with Crippen LogP contribution < -0.4 is 24.4 Å². The SMILES string of the molecule is CCOC(=O)C1=C(C)N=c2s/c(=C\c3cc(Br)c(OC(C)C)c(I)c3)c(=O)n2[C@@H]1c1ccc(OCC)cc1. The summed E-state index contributed by atoms with van der Waals surface area (Å²) in [5.41, 5.74) is 2.27. The molecule has 1 atom stereocenters. The van der Waals surface area contributed by atoms with E-state index in [0.29, 0.717) is 33.0 Å². The van der Waals surface area contributed by atoms with Gasteiger partial charge in [0.25, 0.3) is 5.56 Å². The molecule has 2 aromatic carbocycles. The highest BCUT2D eigenvalue weighted by atomic mass is 127. The molecule has 0 saturated heterocycles. The monoisotopic (exact) mass is 710 g/mol. The zero-order valence-corrected chi connectivity index (χ0v) is 26.3. The average Bonchev–Trinajstić information content (AvgIpc) is 3.15. The van der Waals surface area contributed by atoms with E-state index in [1.54, 1.807) is 18.4 Å². The van der Waals surface area contributed by atoms with Crippen molar-refractivity contribution in [2.75, 3.05) is 13.2 Å². The van der Waals surface area contributed by atoms with Gasteiger partial charge in [0.2, 0.25) is 0 Å². The predicted molar refractivity (Wildman–Crippen MR) is 161 cm³/mol. The van der Waals surface area contributed by atoms with E-state index in [4.69, 9.17) is 14.2 Å². The molecule has 1 aliphatic rings. The first-order valence-electron chi connectivity index (χ1n) is 12.2. The molecule has 1 aromatic heterocycles. The van der Waals surface area contributed by atoms with Crippen molar-refractivity contribution in [1.82, 2.24) is 4.57 Å². The molecule has 2 heterocycles. The normalized spacial score (nSPS) is 15.4. The number of nitrogens with zero attached hydrogens (tertiary/aromatic N) is 2. The molecule has 0 bridgehead atoms. The second kappa shape index (κ2) is 12.2. The lowest BCUT2D eigenvalue weighted by Crippen LogP contribution is -2.39. The van der Waals surface area contributed by atoms with Gasteiger partial charge in [-0.25, -0.2) is 9.79 Å². The topological polar surface area (TPSA) is 79.1 Å². The Morgan fingerprint density at radius 2 is 1.92 bits per heavy atom. The van der Waals surface area contributed by atoms with Crippen LogP contribution in [0.2, 0.25) is 0 Å². The van der Waals surface area contributed by atoms with Crippen LogP contribution in [0.1, 0.15) is 51.8 Å². The Labute approximate surface area is 247 Å². The molecular weight excluding hydrogens is 683 g/mol. The summed E-state index contributed by atoms with van der Waals surface area (Å²) in [7, 11) is 0. The molecule has 0 amide bonds. The lowest BCUT2D eigenvalue weighted by Gasteiger charge is -2.24. The molecule has 38 heavy (non-hydrogen) atoms. The molecule has 1 aliphatic heterocycles. The largest absolute Gasteiger partial charge is 0.494 e. The van der Waals surface area contributed by atoms with E-state index >= 15 is 0 Å². The van der Waals surface area contributed by atoms with Crippen molar-refractivity contribution < 1.29 is 19.0 Å². The summed E-state index contributed by atoms with van der Waals surface area (Å²) in [6.07, 6.45) is 1.88. The highest BCUT2D eigenvalue weighted by Crippen LogP contribution is 2.34. The van der Waals surface area contributed by atoms with Crippen LogP contribution in [0, 0.1) is 3.57 Å². The Kier molecular flexibility index (Phi) is 9.15. The summed E-state index contributed by atoms with van der Waals surface area (Å²) in [5.74, 6) is 0.998. The van der Waals surface area contributed by atoms with Gasteiger partial charge in [0.15, 0.2) is 4.80 Å². The predicted octanol–water partition coefficient (Wildman–Crippen LogP) is 5.35. The van der Waals surface area contributed by atoms with Gasteiger partial charge in [-0.15, -0.1) is 0 Å². The van der Waals surface area contributed by atoms with Crippen molar-refractivity contribution >= 4 is 61.9 Å². The molecular formula is C28H28BrIN2O5S. The fraction of sp³-hybridized carbons (Fsp3) is 0.321. The molecule has 0 aliphatic carbocycles. The third-order valence-corrected chi connectivity index (χ3v) is 8.07. The van der Waals surface area contributed by atoms with Crippen molar-refractivity contribution in [2.24, 2.45) is 4.99 Å². The van der Waals surface area contributed by atoms with Crippen molar-refractivity contribution in [3.05, 3.63) is 86.5 Å². The molecule has 0 radical (unpaired) electrons. The maximum absolute atomic E-state index is 13.8. The Morgan fingerprint density at radius 1 is 1.21 bits per heavy atom. The summed E-state index contributed by atoms with van der Waals surface area (Å²) >= 11 is 7.13. The van der Waals surface area contributed by atoms with Crippen molar-refractivity contribution in [1.29, 1.82) is 0 Å². The minimum absolute atomic E-state index is 0.0359. The summed E-state index contributed by atoms with van der Waals surface area (Å²) in [5, 5.41) is 0. The number of halogens is 2. The Bertz CT molecular complexity index is 1550. The van der Waals surface area contributed by atoms with E-state index in [1.807, 2.05) is 63.2 Å². The molecule has 0 unspecified atom stereocenters. The quantitative estimate of drug-likeness (QED) is 0.233. The van der Waals surface area contributed by atoms with Gasteiger partial charge in [0.1, 0.15) is 11.5 Å². The third-order valence-electron chi connectivity index (χ3n) is 5.70. The van der Waals surface area contributed by atoms with Crippen LogP contribution >= 0.6 is 49.9 Å². The van der Waals surface area contributed by atoms with Crippen molar-refractivity contribution in [2.45, 2.75) is 46.8 Å². The number of fused-ring (bicyclic) bond motifs is 1. The van der Waals surface area contributed by atoms with E-state index < -0.39 is 12.0 Å². The van der Waals surface area contributed by atoms with E-state index in [-0.39, 0.29) is 18.3 Å². The maximum Gasteiger partial charge on any atom is 0.338 e. The highest BCUT2D eigenvalue weighted by Gasteiger charge is 2.33. The summed E-state index contributed by atoms with van der Waals surface area (Å²) < 4.78 is 20.7. The van der Waals surface area contributed by atoms with E-state index in [0.717, 1.165) is 24.9 Å². The molecule has 0 N–H and O–H groups in total. The van der Waals surface area contributed by atoms with Crippen molar-refractivity contribution in [3.63, 3.8) is 0 Å². The molecule has 0 fully saturated rings. The summed E-state index contributed by atoms with van der Waals surface area (Å²) in [6, 6.07) is 10.7. The number of rotatable bonds is 8. The van der Waals surface area contributed by atoms with Crippen LogP contribution in [-0.4, -0.2) is 29.9 Å². The fourth-order valence-electron chi connectivity index (χ4n) is 4.18. The molecule has 200 valence electrons. The van der Waals surface area contributed by atoms with Gasteiger partial charge in [0, 0.05) is 0 Å². The maximum atomic E-state index is 13.8. The second-order valence-corrected chi connectivity index (χ2v) is 11.8. The number of carbonyl (C=O) groups is 1. The number of carbonyl (C=O) groups excluding carboxylic acids is 1. The fourth-order valence-corrected chi connectivity index (χ4v) is 6.95. The number of esters is 1. The standard InChI is InChI=1S/C28H28BrIN2O5S/c1-6-35-19-10-8-18(9-11-19)24-23(27(34)36-7-2)16(5)31-28-32(24)26(33)22(38-28)14-17-12-20(29)25(21(30)13-17)37-15(3)4/h8-15,24H,6-7H2,1-5H3/b22-14-/t24-/m1/s1. The van der Waals surface area contributed by atoms with E-state index in [2.05, 4.69) is 43.5 Å². The second-order valence-electron chi connectivity index (χ2n) is 8.78. The lowest BCUT2D eigenvalue weighted by atomic mass is 9.96. The molecule has 0 saturated carbocycles. The van der Waals surface area contributed by atoms with Gasteiger partial charge in [-0.3, -0.25) is 9.36 Å². The molecule has 4 rings (SSSR count). The van der Waals surface area contributed by atoms with Gasteiger partial charge in [0.05, 0.1) is 49.2 Å². The zero-order valence-electron chi connectivity index (χ0n) is 21.7.